The lowest BCUT2D eigenvalue weighted by atomic mass is 10.2. The maximum atomic E-state index is 4.31. The highest BCUT2D eigenvalue weighted by atomic mass is 32.2. The molecule has 1 unspecified atom stereocenters. The number of aryl methyl sites for hydroxylation is 1. The first-order valence-corrected chi connectivity index (χ1v) is 7.10. The molecular formula is C12H23N3S. The van der Waals surface area contributed by atoms with E-state index in [0.29, 0.717) is 6.04 Å². The Labute approximate surface area is 103 Å². The number of thioether (sulfide) groups is 1. The van der Waals surface area contributed by atoms with E-state index in [4.69, 9.17) is 0 Å². The van der Waals surface area contributed by atoms with Crippen LogP contribution in [0.15, 0.2) is 12.4 Å². The summed E-state index contributed by atoms with van der Waals surface area (Å²) in [7, 11) is 2.02. The van der Waals surface area contributed by atoms with Crippen LogP contribution in [0, 0.1) is 5.92 Å². The van der Waals surface area contributed by atoms with E-state index in [-0.39, 0.29) is 0 Å². The summed E-state index contributed by atoms with van der Waals surface area (Å²) in [5, 5.41) is 7.67. The SMILES string of the molecule is CCn1cc(C(CSCC(C)C)NC)cn1. The molecule has 16 heavy (non-hydrogen) atoms. The molecule has 0 fully saturated rings. The van der Waals surface area contributed by atoms with Crippen LogP contribution in [0.1, 0.15) is 32.4 Å². The Morgan fingerprint density at radius 3 is 2.69 bits per heavy atom. The maximum Gasteiger partial charge on any atom is 0.0537 e. The van der Waals surface area contributed by atoms with Crippen LogP contribution in [0.3, 0.4) is 0 Å². The summed E-state index contributed by atoms with van der Waals surface area (Å²) in [6.07, 6.45) is 4.11. The fraction of sp³-hybridized carbons (Fsp3) is 0.750. The highest BCUT2D eigenvalue weighted by molar-refractivity contribution is 7.99. The van der Waals surface area contributed by atoms with Crippen LogP contribution < -0.4 is 5.32 Å². The lowest BCUT2D eigenvalue weighted by molar-refractivity contribution is 0.644. The van der Waals surface area contributed by atoms with Gasteiger partial charge in [-0.25, -0.2) is 0 Å². The summed E-state index contributed by atoms with van der Waals surface area (Å²) in [6.45, 7) is 7.57. The highest BCUT2D eigenvalue weighted by Crippen LogP contribution is 2.19. The van der Waals surface area contributed by atoms with Crippen molar-refractivity contribution in [3.05, 3.63) is 18.0 Å². The molecule has 0 aliphatic carbocycles. The van der Waals surface area contributed by atoms with Gasteiger partial charge in [-0.3, -0.25) is 4.68 Å². The minimum absolute atomic E-state index is 0.420. The van der Waals surface area contributed by atoms with Gasteiger partial charge in [0.2, 0.25) is 0 Å². The number of rotatable bonds is 7. The zero-order valence-corrected chi connectivity index (χ0v) is 11.5. The lowest BCUT2D eigenvalue weighted by Gasteiger charge is -2.14. The number of hydrogen-bond donors (Lipinski definition) is 1. The first-order chi connectivity index (χ1) is 7.67. The summed E-state index contributed by atoms with van der Waals surface area (Å²) in [6, 6.07) is 0.420. The third kappa shape index (κ3) is 4.18. The molecule has 0 aliphatic rings. The van der Waals surface area contributed by atoms with Gasteiger partial charge < -0.3 is 5.32 Å². The summed E-state index contributed by atoms with van der Waals surface area (Å²) >= 11 is 2.01. The fourth-order valence-corrected chi connectivity index (χ4v) is 2.70. The van der Waals surface area contributed by atoms with Crippen LogP contribution in [0.2, 0.25) is 0 Å². The van der Waals surface area contributed by atoms with Gasteiger partial charge in [-0.05, 0) is 25.6 Å². The Morgan fingerprint density at radius 1 is 1.44 bits per heavy atom. The van der Waals surface area contributed by atoms with Gasteiger partial charge in [0.15, 0.2) is 0 Å². The maximum absolute atomic E-state index is 4.31. The lowest BCUT2D eigenvalue weighted by Crippen LogP contribution is -2.18. The van der Waals surface area contributed by atoms with E-state index in [9.17, 15) is 0 Å². The Bertz CT molecular complexity index is 296. The molecule has 0 saturated carbocycles. The van der Waals surface area contributed by atoms with Crippen LogP contribution in [-0.2, 0) is 6.54 Å². The molecule has 0 saturated heterocycles. The molecule has 1 aromatic rings. The average molecular weight is 241 g/mol. The average Bonchev–Trinajstić information content (AvgIpc) is 2.72. The van der Waals surface area contributed by atoms with Gasteiger partial charge in [-0.15, -0.1) is 0 Å². The quantitative estimate of drug-likeness (QED) is 0.795. The molecule has 3 nitrogen and oxygen atoms in total. The van der Waals surface area contributed by atoms with Crippen molar-refractivity contribution in [1.29, 1.82) is 0 Å². The zero-order chi connectivity index (χ0) is 12.0. The molecule has 1 atom stereocenters. The van der Waals surface area contributed by atoms with E-state index in [1.807, 2.05) is 29.7 Å². The van der Waals surface area contributed by atoms with Crippen LogP contribution in [-0.4, -0.2) is 28.3 Å². The Morgan fingerprint density at radius 2 is 2.19 bits per heavy atom. The molecule has 0 aromatic carbocycles. The van der Waals surface area contributed by atoms with Gasteiger partial charge in [0.05, 0.1) is 6.20 Å². The minimum atomic E-state index is 0.420. The standard InChI is InChI=1S/C12H23N3S/c1-5-15-7-11(6-14-15)12(13-4)9-16-8-10(2)3/h6-7,10,12-13H,5,8-9H2,1-4H3. The van der Waals surface area contributed by atoms with Crippen molar-refractivity contribution < 1.29 is 0 Å². The molecule has 0 bridgehead atoms. The summed E-state index contributed by atoms with van der Waals surface area (Å²) < 4.78 is 1.98. The molecule has 1 rings (SSSR count). The van der Waals surface area contributed by atoms with Gasteiger partial charge >= 0.3 is 0 Å². The van der Waals surface area contributed by atoms with E-state index in [1.165, 1.54) is 11.3 Å². The Kier molecular flexibility index (Phi) is 5.91. The van der Waals surface area contributed by atoms with Gasteiger partial charge in [-0.1, -0.05) is 13.8 Å². The second-order valence-electron chi connectivity index (χ2n) is 4.40. The topological polar surface area (TPSA) is 29.9 Å². The molecule has 0 spiro atoms. The van der Waals surface area contributed by atoms with Crippen LogP contribution in [0.25, 0.3) is 0 Å². The smallest absolute Gasteiger partial charge is 0.0537 e. The molecule has 0 amide bonds. The van der Waals surface area contributed by atoms with Gasteiger partial charge in [0.1, 0.15) is 0 Å². The van der Waals surface area contributed by atoms with Crippen molar-refractivity contribution in [3.8, 4) is 0 Å². The summed E-state index contributed by atoms with van der Waals surface area (Å²) in [4.78, 5) is 0. The third-order valence-electron chi connectivity index (χ3n) is 2.46. The number of hydrogen-bond acceptors (Lipinski definition) is 3. The summed E-state index contributed by atoms with van der Waals surface area (Å²) in [5.74, 6) is 3.10. The van der Waals surface area contributed by atoms with Crippen LogP contribution >= 0.6 is 11.8 Å². The van der Waals surface area contributed by atoms with Crippen LogP contribution in [0.4, 0.5) is 0 Å². The normalized spacial score (nSPS) is 13.3. The first-order valence-electron chi connectivity index (χ1n) is 5.94. The van der Waals surface area contributed by atoms with Crippen molar-refractivity contribution in [2.75, 3.05) is 18.6 Å². The van der Waals surface area contributed by atoms with E-state index in [0.717, 1.165) is 18.2 Å². The van der Waals surface area contributed by atoms with Crippen molar-refractivity contribution in [1.82, 2.24) is 15.1 Å². The van der Waals surface area contributed by atoms with E-state index >= 15 is 0 Å². The molecule has 1 aromatic heterocycles. The molecule has 0 radical (unpaired) electrons. The largest absolute Gasteiger partial charge is 0.312 e. The number of nitrogens with zero attached hydrogens (tertiary/aromatic N) is 2. The minimum Gasteiger partial charge on any atom is -0.312 e. The predicted molar refractivity (Wildman–Crippen MR) is 71.9 cm³/mol. The van der Waals surface area contributed by atoms with Crippen molar-refractivity contribution >= 4 is 11.8 Å². The van der Waals surface area contributed by atoms with Gasteiger partial charge in [0, 0.05) is 30.1 Å². The second-order valence-corrected chi connectivity index (χ2v) is 5.48. The van der Waals surface area contributed by atoms with Crippen molar-refractivity contribution in [3.63, 3.8) is 0 Å². The Balaban J connectivity index is 2.46. The molecule has 0 aliphatic heterocycles. The zero-order valence-electron chi connectivity index (χ0n) is 10.7. The van der Waals surface area contributed by atoms with Crippen molar-refractivity contribution in [2.24, 2.45) is 5.92 Å². The van der Waals surface area contributed by atoms with Crippen LogP contribution in [0.5, 0.6) is 0 Å². The molecule has 92 valence electrons. The number of aromatic nitrogens is 2. The van der Waals surface area contributed by atoms with Gasteiger partial charge in [0.25, 0.3) is 0 Å². The molecule has 1 heterocycles. The molecule has 4 heteroatoms. The third-order valence-corrected chi connectivity index (χ3v) is 3.94. The van der Waals surface area contributed by atoms with Gasteiger partial charge in [-0.2, -0.15) is 16.9 Å². The second kappa shape index (κ2) is 6.97. The number of nitrogens with one attached hydrogen (secondary N) is 1. The fourth-order valence-electron chi connectivity index (χ4n) is 1.50. The first kappa shape index (κ1) is 13.6. The monoisotopic (exact) mass is 241 g/mol. The highest BCUT2D eigenvalue weighted by Gasteiger charge is 2.11. The molecular weight excluding hydrogens is 218 g/mol. The van der Waals surface area contributed by atoms with E-state index in [2.05, 4.69) is 37.4 Å². The molecule has 1 N–H and O–H groups in total. The van der Waals surface area contributed by atoms with E-state index in [1.54, 1.807) is 0 Å². The Hall–Kier alpha value is -0.480. The predicted octanol–water partition coefficient (Wildman–Crippen LogP) is 2.55. The van der Waals surface area contributed by atoms with E-state index < -0.39 is 0 Å². The summed E-state index contributed by atoms with van der Waals surface area (Å²) in [5.41, 5.74) is 1.29. The van der Waals surface area contributed by atoms with Crippen molar-refractivity contribution in [2.45, 2.75) is 33.4 Å².